The van der Waals surface area contributed by atoms with E-state index in [1.54, 1.807) is 74.4 Å². The third kappa shape index (κ3) is 22.1. The molecule has 0 N–H and O–H groups in total. The van der Waals surface area contributed by atoms with Crippen molar-refractivity contribution in [1.82, 2.24) is 59.8 Å². The second kappa shape index (κ2) is 41.0. The van der Waals surface area contributed by atoms with Gasteiger partial charge in [0.1, 0.15) is 22.8 Å². The number of aromatic nitrogens is 12. The molecule has 10 aromatic heterocycles. The van der Waals surface area contributed by atoms with Gasteiger partial charge < -0.3 is 86.8 Å². The van der Waals surface area contributed by atoms with E-state index in [2.05, 4.69) is 59.8 Å². The van der Waals surface area contributed by atoms with E-state index in [0.29, 0.717) is 0 Å². The molecule has 10 rings (SSSR count). The maximum Gasteiger partial charge on any atom is 3.00 e. The summed E-state index contributed by atoms with van der Waals surface area (Å²) in [6.45, 7) is 0. The van der Waals surface area contributed by atoms with Crippen molar-refractivity contribution in [2.75, 3.05) is 0 Å². The first-order valence-corrected chi connectivity index (χ1v) is 18.8. The Balaban J connectivity index is -0.000000402. The average molecular weight is 1510 g/mol. The Morgan fingerprint density at radius 1 is 0.171 bits per heavy atom. The van der Waals surface area contributed by atoms with Crippen LogP contribution < -0.4 is 86.8 Å². The molecule has 0 saturated carbocycles. The van der Waals surface area contributed by atoms with Crippen molar-refractivity contribution in [3.63, 3.8) is 0 Å². The summed E-state index contributed by atoms with van der Waals surface area (Å²) in [5, 5.41) is 0. The van der Waals surface area contributed by atoms with Crippen LogP contribution in [0.25, 0.3) is 68.3 Å². The van der Waals surface area contributed by atoms with Gasteiger partial charge in [0.05, 0.1) is 45.6 Å². The number of halogens is 7. The van der Waals surface area contributed by atoms with E-state index in [1.165, 1.54) is 0 Å². The molecule has 0 aliphatic rings. The summed E-state index contributed by atoms with van der Waals surface area (Å²) < 4.78 is 0. The third-order valence-corrected chi connectivity index (χ3v) is 8.21. The van der Waals surface area contributed by atoms with Gasteiger partial charge in [-0.25, -0.2) is 0 Å². The third-order valence-electron chi connectivity index (χ3n) is 8.21. The molecule has 12 nitrogen and oxygen atoms in total. The summed E-state index contributed by atoms with van der Waals surface area (Å²) >= 11 is 0. The van der Waals surface area contributed by atoms with Crippen LogP contribution in [0.4, 0.5) is 0 Å². The Labute approximate surface area is 489 Å². The minimum atomic E-state index is 0. The van der Waals surface area contributed by atoms with Crippen molar-refractivity contribution in [1.29, 1.82) is 0 Å². The Kier molecular flexibility index (Phi) is 42.0. The molecule has 0 bridgehead atoms. The molecule has 0 aliphatic carbocycles. The molecule has 0 fully saturated rings. The van der Waals surface area contributed by atoms with Gasteiger partial charge in [-0.3, -0.25) is 59.8 Å². The van der Waals surface area contributed by atoms with Gasteiger partial charge in [0.2, 0.25) is 0 Å². The summed E-state index contributed by atoms with van der Waals surface area (Å²) in [5.41, 5.74) is 9.84. The van der Waals surface area contributed by atoms with E-state index in [9.17, 15) is 0 Å². The quantitative estimate of drug-likeness (QED) is 0.146. The zero-order valence-corrected chi connectivity index (χ0v) is 47.8. The fourth-order valence-corrected chi connectivity index (χ4v) is 5.49. The van der Waals surface area contributed by atoms with Crippen LogP contribution in [0.15, 0.2) is 220 Å². The maximum atomic E-state index is 4.36. The first-order chi connectivity index (χ1) is 29.8. The Morgan fingerprint density at radius 3 is 0.443 bits per heavy atom. The first-order valence-electron chi connectivity index (χ1n) is 18.8. The van der Waals surface area contributed by atoms with Gasteiger partial charge in [0.15, 0.2) is 0 Å². The van der Waals surface area contributed by atoms with Crippen molar-refractivity contribution in [3.05, 3.63) is 220 Å². The van der Waals surface area contributed by atoms with E-state index < -0.39 is 0 Å². The van der Waals surface area contributed by atoms with E-state index in [4.69, 9.17) is 0 Å². The molecule has 0 unspecified atom stereocenters. The molecule has 0 saturated heterocycles. The Bertz CT molecular complexity index is 2390. The predicted molar refractivity (Wildman–Crippen MR) is 232 cm³/mol. The summed E-state index contributed by atoms with van der Waals surface area (Å²) in [6.07, 6.45) is 20.7. The fraction of sp³-hybridized carbons (Fsp3) is 0. The molecule has 0 aromatic carbocycles. The van der Waals surface area contributed by atoms with Crippen molar-refractivity contribution in [2.45, 2.75) is 0 Å². The van der Waals surface area contributed by atoms with Crippen LogP contribution in [0.1, 0.15) is 0 Å². The molecule has 0 spiro atoms. The predicted octanol–water partition coefficient (Wildman–Crippen LogP) is -11.5. The van der Waals surface area contributed by atoms with Crippen LogP contribution in [0.2, 0.25) is 0 Å². The molecule has 0 amide bonds. The van der Waals surface area contributed by atoms with Crippen molar-refractivity contribution >= 4 is 0 Å². The molecule has 0 atom stereocenters. The summed E-state index contributed by atoms with van der Waals surface area (Å²) in [4.78, 5) is 51.4. The largest absolute Gasteiger partial charge is 3.00 e. The molecular weight excluding hydrogens is 1480 g/mol. The number of pyridine rings is 8. The number of hydrogen-bond acceptors (Lipinski definition) is 12. The van der Waals surface area contributed by atoms with E-state index >= 15 is 0 Å². The van der Waals surface area contributed by atoms with Crippen molar-refractivity contribution in [2.24, 2.45) is 0 Å². The molecule has 10 heterocycles. The Hall–Kier alpha value is -4.71. The van der Waals surface area contributed by atoms with Crippen LogP contribution in [-0.2, 0) is 59.1 Å². The molecule has 362 valence electrons. The van der Waals surface area contributed by atoms with Crippen LogP contribution in [0.5, 0.6) is 0 Å². The molecule has 0 radical (unpaired) electrons. The standard InChI is InChI=1S/2C14H10N4.2C10H8N2.7ClH.2Os.Rh/c2*1-3-7-15-11(5-1)13-14(18-10-9-17-13)12-6-2-4-8-16-12;2*1-3-7-11-9(5-1)10-6-2-4-8-12-10;;;;;;;;;;/h2*1-10H;2*1-8H;7*1H;;;/q;;;;;;;;;;;2*+2;+3/p-7. The second-order valence-corrected chi connectivity index (χ2v) is 12.2. The van der Waals surface area contributed by atoms with Gasteiger partial charge in [-0.1, -0.05) is 48.5 Å². The van der Waals surface area contributed by atoms with E-state index in [-0.39, 0.29) is 146 Å². The Morgan fingerprint density at radius 2 is 0.314 bits per heavy atom. The average Bonchev–Trinajstić information content (AvgIpc) is 3.37. The zero-order chi connectivity index (χ0) is 40.9. The van der Waals surface area contributed by atoms with Gasteiger partial charge in [-0.05, 0) is 97.1 Å². The van der Waals surface area contributed by atoms with Crippen LogP contribution >= 0.6 is 0 Å². The summed E-state index contributed by atoms with van der Waals surface area (Å²) in [6, 6.07) is 46.1. The van der Waals surface area contributed by atoms with E-state index in [1.807, 2.05) is 146 Å². The van der Waals surface area contributed by atoms with E-state index in [0.717, 1.165) is 68.3 Å². The van der Waals surface area contributed by atoms with Crippen LogP contribution in [-0.4, -0.2) is 59.8 Å². The molecule has 0 aliphatic heterocycles. The number of nitrogens with zero attached hydrogens (tertiary/aromatic N) is 12. The van der Waals surface area contributed by atoms with Gasteiger partial charge in [0, 0.05) is 74.4 Å². The summed E-state index contributed by atoms with van der Waals surface area (Å²) in [7, 11) is 0. The minimum absolute atomic E-state index is 0. The zero-order valence-electron chi connectivity index (χ0n) is 35.8. The fourth-order valence-electron chi connectivity index (χ4n) is 5.49. The number of rotatable bonds is 6. The monoisotopic (exact) mass is 1510 g/mol. The molecule has 70 heavy (non-hydrogen) atoms. The first kappa shape index (κ1) is 71.8. The van der Waals surface area contributed by atoms with Gasteiger partial charge >= 0.3 is 59.1 Å². The van der Waals surface area contributed by atoms with Gasteiger partial charge in [0.25, 0.3) is 0 Å². The minimum Gasteiger partial charge on any atom is -1.00 e. The number of hydrogen-bond donors (Lipinski definition) is 0. The topological polar surface area (TPSA) is 155 Å². The molecule has 10 aromatic rings. The molecular formula is C48H36Cl7N12Os2Rh. The maximum absolute atomic E-state index is 4.36. The van der Waals surface area contributed by atoms with Crippen LogP contribution in [0, 0.1) is 0 Å². The normalized spacial score (nSPS) is 8.57. The summed E-state index contributed by atoms with van der Waals surface area (Å²) in [5.74, 6) is 0. The van der Waals surface area contributed by atoms with Gasteiger partial charge in [-0.15, -0.1) is 0 Å². The SMILES string of the molecule is [Cl-].[Cl-].[Cl-].[Cl-].[Cl-].[Cl-].[Cl-].[Os+2].[Os+2].[Rh+3].c1ccc(-c2ccccn2)nc1.c1ccc(-c2ccccn2)nc1.c1ccc(-c2nccnc2-c2ccccn2)nc1.c1ccc(-c2nccnc2-c2ccccn2)nc1. The second-order valence-electron chi connectivity index (χ2n) is 12.2. The van der Waals surface area contributed by atoms with Crippen molar-refractivity contribution in [3.8, 4) is 68.3 Å². The van der Waals surface area contributed by atoms with Crippen molar-refractivity contribution < 1.29 is 146 Å². The smallest absolute Gasteiger partial charge is 1.00 e. The van der Waals surface area contributed by atoms with Crippen LogP contribution in [0.3, 0.4) is 0 Å². The van der Waals surface area contributed by atoms with Gasteiger partial charge in [-0.2, -0.15) is 0 Å². The molecule has 22 heteroatoms.